The largest absolute Gasteiger partial charge is 0.488 e. The topological polar surface area (TPSA) is 94.3 Å². The minimum atomic E-state index is -0.419. The van der Waals surface area contributed by atoms with E-state index in [2.05, 4.69) is 64.4 Å². The number of ether oxygens (including phenoxy) is 1. The second-order valence-corrected chi connectivity index (χ2v) is 8.00. The fourth-order valence-corrected chi connectivity index (χ4v) is 3.96. The Bertz CT molecular complexity index is 1100. The molecule has 154 valence electrons. The van der Waals surface area contributed by atoms with Crippen LogP contribution >= 0.6 is 43.5 Å². The third-order valence-electron chi connectivity index (χ3n) is 3.63. The lowest BCUT2D eigenvalue weighted by atomic mass is 10.2. The summed E-state index contributed by atoms with van der Waals surface area (Å²) < 4.78 is 7.21. The van der Waals surface area contributed by atoms with Gasteiger partial charge in [0.15, 0.2) is 0 Å². The van der Waals surface area contributed by atoms with Crippen LogP contribution in [-0.2, 0) is 11.3 Å². The van der Waals surface area contributed by atoms with Gasteiger partial charge in [0, 0.05) is 15.6 Å². The first-order valence-corrected chi connectivity index (χ1v) is 10.5. The molecule has 30 heavy (non-hydrogen) atoms. The maximum Gasteiger partial charge on any atom is 0.263 e. The van der Waals surface area contributed by atoms with Gasteiger partial charge >= 0.3 is 0 Å². The molecule has 0 saturated carbocycles. The van der Waals surface area contributed by atoms with Crippen LogP contribution < -0.4 is 10.2 Å². The standard InChI is InChI=1S/C19H15Br2ClN6O2/c1-2-7-30-18-12(8-13(20)9-15(18)21)10-23-24-17(29)11-28-26-19(25-27-28)14-5-3-4-6-16(14)22/h2-6,8-10H,1,7,11H2,(H,24,29)/b23-10+. The first-order chi connectivity index (χ1) is 14.5. The van der Waals surface area contributed by atoms with Crippen molar-refractivity contribution in [2.75, 3.05) is 6.61 Å². The van der Waals surface area contributed by atoms with Gasteiger partial charge in [-0.3, -0.25) is 4.79 Å². The molecule has 1 amide bonds. The van der Waals surface area contributed by atoms with Crippen LogP contribution in [0.3, 0.4) is 0 Å². The Morgan fingerprint density at radius 3 is 2.90 bits per heavy atom. The molecule has 2 aromatic carbocycles. The van der Waals surface area contributed by atoms with Crippen LogP contribution in [0.5, 0.6) is 5.75 Å². The molecule has 0 aliphatic heterocycles. The lowest BCUT2D eigenvalue weighted by Gasteiger charge is -2.10. The van der Waals surface area contributed by atoms with E-state index in [0.29, 0.717) is 34.3 Å². The average Bonchev–Trinajstić information content (AvgIpc) is 3.15. The van der Waals surface area contributed by atoms with Gasteiger partial charge in [-0.15, -0.1) is 10.2 Å². The number of rotatable bonds is 8. The summed E-state index contributed by atoms with van der Waals surface area (Å²) in [4.78, 5) is 13.3. The van der Waals surface area contributed by atoms with Crippen molar-refractivity contribution >= 4 is 55.6 Å². The van der Waals surface area contributed by atoms with Gasteiger partial charge in [0.05, 0.1) is 15.7 Å². The Morgan fingerprint density at radius 2 is 2.13 bits per heavy atom. The van der Waals surface area contributed by atoms with Gasteiger partial charge in [0.2, 0.25) is 5.82 Å². The summed E-state index contributed by atoms with van der Waals surface area (Å²) in [6.07, 6.45) is 3.12. The number of carbonyl (C=O) groups is 1. The zero-order chi connectivity index (χ0) is 21.5. The van der Waals surface area contributed by atoms with Crippen molar-refractivity contribution < 1.29 is 9.53 Å². The van der Waals surface area contributed by atoms with Crippen molar-refractivity contribution in [1.82, 2.24) is 25.6 Å². The fraction of sp³-hybridized carbons (Fsp3) is 0.105. The van der Waals surface area contributed by atoms with Gasteiger partial charge in [-0.2, -0.15) is 9.90 Å². The van der Waals surface area contributed by atoms with Crippen LogP contribution in [0.2, 0.25) is 5.02 Å². The number of nitrogens with one attached hydrogen (secondary N) is 1. The summed E-state index contributed by atoms with van der Waals surface area (Å²) in [6, 6.07) is 10.8. The molecule has 1 heterocycles. The van der Waals surface area contributed by atoms with E-state index < -0.39 is 5.91 Å². The molecule has 0 radical (unpaired) electrons. The first kappa shape index (κ1) is 22.1. The molecule has 0 saturated heterocycles. The number of tetrazole rings is 1. The van der Waals surface area contributed by atoms with Crippen molar-refractivity contribution in [3.63, 3.8) is 0 Å². The van der Waals surface area contributed by atoms with Crippen molar-refractivity contribution in [3.05, 3.63) is 68.6 Å². The van der Waals surface area contributed by atoms with Crippen LogP contribution in [-0.4, -0.2) is 38.9 Å². The van der Waals surface area contributed by atoms with Gasteiger partial charge in [0.1, 0.15) is 18.9 Å². The minimum absolute atomic E-state index is 0.156. The van der Waals surface area contributed by atoms with Gasteiger partial charge in [-0.05, 0) is 45.4 Å². The molecule has 0 bridgehead atoms. The summed E-state index contributed by atoms with van der Waals surface area (Å²) in [5.41, 5.74) is 3.73. The van der Waals surface area contributed by atoms with Crippen molar-refractivity contribution in [3.8, 4) is 17.1 Å². The number of hydrogen-bond donors (Lipinski definition) is 1. The first-order valence-electron chi connectivity index (χ1n) is 8.55. The number of hydrazone groups is 1. The number of amides is 1. The van der Waals surface area contributed by atoms with E-state index in [-0.39, 0.29) is 6.54 Å². The molecule has 0 spiro atoms. The molecule has 11 heteroatoms. The Morgan fingerprint density at radius 1 is 1.33 bits per heavy atom. The summed E-state index contributed by atoms with van der Waals surface area (Å²) in [5.74, 6) is 0.496. The van der Waals surface area contributed by atoms with Gasteiger partial charge in [-0.1, -0.05) is 52.3 Å². The van der Waals surface area contributed by atoms with Crippen molar-refractivity contribution in [2.45, 2.75) is 6.54 Å². The molecule has 1 N–H and O–H groups in total. The predicted octanol–water partition coefficient (Wildman–Crippen LogP) is 4.23. The van der Waals surface area contributed by atoms with Crippen molar-refractivity contribution in [2.24, 2.45) is 5.10 Å². The van der Waals surface area contributed by atoms with Crippen LogP contribution in [0.15, 0.2) is 63.1 Å². The lowest BCUT2D eigenvalue weighted by molar-refractivity contribution is -0.122. The van der Waals surface area contributed by atoms with Crippen molar-refractivity contribution in [1.29, 1.82) is 0 Å². The van der Waals surface area contributed by atoms with Crippen LogP contribution in [0.25, 0.3) is 11.4 Å². The number of hydrogen-bond acceptors (Lipinski definition) is 6. The van der Waals surface area contributed by atoms with E-state index in [9.17, 15) is 4.79 Å². The summed E-state index contributed by atoms with van der Waals surface area (Å²) >= 11 is 13.0. The summed E-state index contributed by atoms with van der Waals surface area (Å²) in [7, 11) is 0. The Labute approximate surface area is 194 Å². The summed E-state index contributed by atoms with van der Waals surface area (Å²) in [5, 5.41) is 16.5. The summed E-state index contributed by atoms with van der Waals surface area (Å²) in [6.45, 7) is 3.81. The minimum Gasteiger partial charge on any atom is -0.488 e. The highest BCUT2D eigenvalue weighted by Crippen LogP contribution is 2.32. The highest BCUT2D eigenvalue weighted by Gasteiger charge is 2.12. The van der Waals surface area contributed by atoms with E-state index in [1.807, 2.05) is 18.2 Å². The zero-order valence-corrected chi connectivity index (χ0v) is 19.4. The Hall–Kier alpha value is -2.56. The molecule has 8 nitrogen and oxygen atoms in total. The fourth-order valence-electron chi connectivity index (χ4n) is 2.37. The molecule has 0 atom stereocenters. The number of carbonyl (C=O) groups excluding carboxylic acids is 1. The number of benzene rings is 2. The second kappa shape index (κ2) is 10.5. The molecule has 3 rings (SSSR count). The third kappa shape index (κ3) is 5.74. The normalized spacial score (nSPS) is 10.9. The highest BCUT2D eigenvalue weighted by atomic mass is 79.9. The second-order valence-electron chi connectivity index (χ2n) is 5.82. The molecular formula is C19H15Br2ClN6O2. The maximum atomic E-state index is 12.2. The molecule has 3 aromatic rings. The predicted molar refractivity (Wildman–Crippen MR) is 122 cm³/mol. The molecular weight excluding hydrogens is 540 g/mol. The van der Waals surface area contributed by atoms with E-state index in [4.69, 9.17) is 16.3 Å². The highest BCUT2D eigenvalue weighted by molar-refractivity contribution is 9.11. The Balaban J connectivity index is 1.65. The van der Waals surface area contributed by atoms with Gasteiger partial charge in [-0.25, -0.2) is 5.43 Å². The van der Waals surface area contributed by atoms with E-state index in [0.717, 1.165) is 13.7 Å². The van der Waals surface area contributed by atoms with Crippen LogP contribution in [0.4, 0.5) is 0 Å². The van der Waals surface area contributed by atoms with E-state index >= 15 is 0 Å². The molecule has 1 aromatic heterocycles. The zero-order valence-electron chi connectivity index (χ0n) is 15.4. The molecule has 0 aliphatic rings. The molecule has 0 unspecified atom stereocenters. The van der Waals surface area contributed by atoms with E-state index in [1.165, 1.54) is 6.21 Å². The van der Waals surface area contributed by atoms with Gasteiger partial charge < -0.3 is 4.74 Å². The number of nitrogens with zero attached hydrogens (tertiary/aromatic N) is 5. The Kier molecular flexibility index (Phi) is 7.72. The lowest BCUT2D eigenvalue weighted by Crippen LogP contribution is -2.24. The SMILES string of the molecule is C=CCOc1c(Br)cc(Br)cc1/C=N/NC(=O)Cn1nnc(-c2ccccc2Cl)n1. The number of aromatic nitrogens is 4. The quantitative estimate of drug-likeness (QED) is 0.256. The van der Waals surface area contributed by atoms with Crippen LogP contribution in [0.1, 0.15) is 5.56 Å². The average molecular weight is 555 g/mol. The maximum absolute atomic E-state index is 12.2. The smallest absolute Gasteiger partial charge is 0.263 e. The van der Waals surface area contributed by atoms with Crippen LogP contribution in [0, 0.1) is 0 Å². The third-order valence-corrected chi connectivity index (χ3v) is 5.00. The monoisotopic (exact) mass is 552 g/mol. The van der Waals surface area contributed by atoms with E-state index in [1.54, 1.807) is 24.3 Å². The number of halogens is 3. The molecule has 0 fully saturated rings. The molecule has 0 aliphatic carbocycles. The van der Waals surface area contributed by atoms with Gasteiger partial charge in [0.25, 0.3) is 5.91 Å².